The number of carbonyl (C=O) groups is 2. The van der Waals surface area contributed by atoms with Crippen molar-refractivity contribution in [1.29, 1.82) is 0 Å². The van der Waals surface area contributed by atoms with Crippen molar-refractivity contribution in [3.05, 3.63) is 63.4 Å². The first-order chi connectivity index (χ1) is 12.0. The predicted molar refractivity (Wildman–Crippen MR) is 94.0 cm³/mol. The van der Waals surface area contributed by atoms with E-state index in [1.165, 1.54) is 12.3 Å². The van der Waals surface area contributed by atoms with E-state index >= 15 is 0 Å². The van der Waals surface area contributed by atoms with Gasteiger partial charge in [0.1, 0.15) is 22.4 Å². The van der Waals surface area contributed by atoms with Crippen LogP contribution in [0.3, 0.4) is 0 Å². The van der Waals surface area contributed by atoms with Crippen molar-refractivity contribution in [2.24, 2.45) is 0 Å². The molecule has 0 bridgehead atoms. The van der Waals surface area contributed by atoms with Gasteiger partial charge in [-0.15, -0.1) is 0 Å². The van der Waals surface area contributed by atoms with Crippen molar-refractivity contribution in [3.63, 3.8) is 0 Å². The van der Waals surface area contributed by atoms with Crippen LogP contribution in [0, 0.1) is 11.6 Å². The van der Waals surface area contributed by atoms with E-state index in [0.717, 1.165) is 23.2 Å². The number of aromatic nitrogens is 1. The smallest absolute Gasteiger partial charge is 0.267 e. The van der Waals surface area contributed by atoms with Crippen molar-refractivity contribution < 1.29 is 18.4 Å². The monoisotopic (exact) mass is 401 g/mol. The molecule has 0 unspecified atom stereocenters. The number of nitrogens with zero attached hydrogens (tertiary/aromatic N) is 2. The Kier molecular flexibility index (Phi) is 5.83. The zero-order valence-corrected chi connectivity index (χ0v) is 15.6. The first-order valence-corrected chi connectivity index (χ1v) is 8.19. The van der Waals surface area contributed by atoms with E-state index in [1.54, 1.807) is 20.8 Å². The van der Waals surface area contributed by atoms with Crippen LogP contribution >= 0.6 is 23.2 Å². The maximum atomic E-state index is 13.8. The number of carbonyl (C=O) groups excluding carboxylic acids is 2. The first-order valence-electron chi connectivity index (χ1n) is 7.43. The average molecular weight is 402 g/mol. The van der Waals surface area contributed by atoms with Crippen molar-refractivity contribution in [1.82, 2.24) is 15.4 Å². The summed E-state index contributed by atoms with van der Waals surface area (Å²) in [5.74, 6) is -4.01. The van der Waals surface area contributed by atoms with Crippen molar-refractivity contribution >= 4 is 35.0 Å². The Labute approximate surface area is 158 Å². The lowest BCUT2D eigenvalue weighted by molar-refractivity contribution is 0.0355. The van der Waals surface area contributed by atoms with Gasteiger partial charge in [0.25, 0.3) is 11.8 Å². The minimum atomic E-state index is -1.12. The minimum absolute atomic E-state index is 0.0237. The summed E-state index contributed by atoms with van der Waals surface area (Å²) in [6.07, 6.45) is 1.32. The molecule has 0 atom stereocenters. The molecule has 1 heterocycles. The highest BCUT2D eigenvalue weighted by Crippen LogP contribution is 2.26. The van der Waals surface area contributed by atoms with Crippen LogP contribution in [0.25, 0.3) is 0 Å². The summed E-state index contributed by atoms with van der Waals surface area (Å²) in [4.78, 5) is 29.1. The third-order valence-corrected chi connectivity index (χ3v) is 3.95. The van der Waals surface area contributed by atoms with Gasteiger partial charge in [-0.05, 0) is 39.0 Å². The summed E-state index contributed by atoms with van der Waals surface area (Å²) in [7, 11) is 0. The summed E-state index contributed by atoms with van der Waals surface area (Å²) in [5, 5.41) is 0.759. The number of benzene rings is 1. The maximum absolute atomic E-state index is 13.8. The number of hydrogen-bond acceptors (Lipinski definition) is 3. The normalized spacial score (nSPS) is 11.2. The second-order valence-corrected chi connectivity index (χ2v) is 7.07. The second-order valence-electron chi connectivity index (χ2n) is 6.31. The highest BCUT2D eigenvalue weighted by molar-refractivity contribution is 6.39. The van der Waals surface area contributed by atoms with Gasteiger partial charge in [-0.1, -0.05) is 29.3 Å². The van der Waals surface area contributed by atoms with Crippen molar-refractivity contribution in [2.45, 2.75) is 26.3 Å². The fourth-order valence-electron chi connectivity index (χ4n) is 2.11. The maximum Gasteiger partial charge on any atom is 0.277 e. The molecule has 1 aromatic heterocycles. The largest absolute Gasteiger partial charge is 0.277 e. The van der Waals surface area contributed by atoms with Crippen LogP contribution in [0.1, 0.15) is 41.5 Å². The van der Waals surface area contributed by atoms with E-state index in [-0.39, 0.29) is 15.7 Å². The Morgan fingerprint density at radius 2 is 1.65 bits per heavy atom. The van der Waals surface area contributed by atoms with Crippen LogP contribution in [0.2, 0.25) is 10.2 Å². The predicted octanol–water partition coefficient (Wildman–Crippen LogP) is 4.25. The molecule has 2 aromatic rings. The van der Waals surface area contributed by atoms with E-state index in [2.05, 4.69) is 10.4 Å². The molecule has 9 heteroatoms. The first kappa shape index (κ1) is 20.1. The topological polar surface area (TPSA) is 62.3 Å². The highest BCUT2D eigenvalue weighted by atomic mass is 35.5. The highest BCUT2D eigenvalue weighted by Gasteiger charge is 2.33. The Bertz CT molecular complexity index is 829. The number of hydrogen-bond donors (Lipinski definition) is 1. The molecule has 1 aromatic carbocycles. The van der Waals surface area contributed by atoms with Crippen LogP contribution < -0.4 is 5.43 Å². The molecule has 138 valence electrons. The average Bonchev–Trinajstić information content (AvgIpc) is 2.51. The Morgan fingerprint density at radius 1 is 1.08 bits per heavy atom. The number of rotatable bonds is 2. The molecule has 0 saturated carbocycles. The second kappa shape index (κ2) is 7.55. The van der Waals surface area contributed by atoms with Crippen LogP contribution in [-0.4, -0.2) is 27.3 Å². The summed E-state index contributed by atoms with van der Waals surface area (Å²) in [5.41, 5.74) is 0.320. The SMILES string of the molecule is CC(C)(C)N(NC(=O)c1c(F)cccc1F)C(=O)c1c(Cl)ccnc1Cl. The molecule has 5 nitrogen and oxygen atoms in total. The molecule has 1 N–H and O–H groups in total. The molecule has 0 aliphatic heterocycles. The van der Waals surface area contributed by atoms with Gasteiger partial charge >= 0.3 is 0 Å². The van der Waals surface area contributed by atoms with Gasteiger partial charge in [0.05, 0.1) is 16.1 Å². The molecule has 0 fully saturated rings. The summed E-state index contributed by atoms with van der Waals surface area (Å²) >= 11 is 12.0. The quantitative estimate of drug-likeness (QED) is 0.604. The van der Waals surface area contributed by atoms with Gasteiger partial charge in [0.2, 0.25) is 0 Å². The Balaban J connectivity index is 2.44. The van der Waals surface area contributed by atoms with Gasteiger partial charge < -0.3 is 0 Å². The lowest BCUT2D eigenvalue weighted by atomic mass is 10.1. The lowest BCUT2D eigenvalue weighted by Gasteiger charge is -2.35. The number of hydrazine groups is 1. The lowest BCUT2D eigenvalue weighted by Crippen LogP contribution is -2.56. The van der Waals surface area contributed by atoms with E-state index in [1.807, 2.05) is 0 Å². The molecular formula is C17H15Cl2F2N3O2. The van der Waals surface area contributed by atoms with E-state index in [9.17, 15) is 18.4 Å². The number of amides is 2. The fourth-order valence-corrected chi connectivity index (χ4v) is 2.63. The van der Waals surface area contributed by atoms with Gasteiger partial charge in [-0.2, -0.15) is 0 Å². The Morgan fingerprint density at radius 3 is 2.15 bits per heavy atom. The van der Waals surface area contributed by atoms with E-state index in [0.29, 0.717) is 0 Å². The van der Waals surface area contributed by atoms with Crippen LogP contribution in [0.5, 0.6) is 0 Å². The van der Waals surface area contributed by atoms with E-state index < -0.39 is 34.6 Å². The van der Waals surface area contributed by atoms with Gasteiger partial charge in [0.15, 0.2) is 0 Å². The number of nitrogens with one attached hydrogen (secondary N) is 1. The van der Waals surface area contributed by atoms with Crippen molar-refractivity contribution in [3.8, 4) is 0 Å². The third-order valence-electron chi connectivity index (χ3n) is 3.34. The number of pyridine rings is 1. The fraction of sp³-hybridized carbons (Fsp3) is 0.235. The van der Waals surface area contributed by atoms with Crippen LogP contribution in [0.15, 0.2) is 30.5 Å². The molecule has 0 radical (unpaired) electrons. The summed E-state index contributed by atoms with van der Waals surface area (Å²) in [6, 6.07) is 4.37. The van der Waals surface area contributed by atoms with Gasteiger partial charge in [-0.3, -0.25) is 15.0 Å². The zero-order valence-electron chi connectivity index (χ0n) is 14.1. The van der Waals surface area contributed by atoms with E-state index in [4.69, 9.17) is 23.2 Å². The van der Waals surface area contributed by atoms with Gasteiger partial charge in [-0.25, -0.2) is 18.8 Å². The molecule has 0 aliphatic rings. The number of halogens is 4. The standard InChI is InChI=1S/C17H15Cl2F2N3O2/c1-17(2,3)24(16(26)12-9(18)7-8-22-14(12)19)23-15(25)13-10(20)5-4-6-11(13)21/h4-8H,1-3H3,(H,23,25). The molecule has 26 heavy (non-hydrogen) atoms. The molecule has 2 rings (SSSR count). The Hall–Kier alpha value is -2.25. The molecule has 0 saturated heterocycles. The summed E-state index contributed by atoms with van der Waals surface area (Å²) in [6.45, 7) is 4.84. The zero-order chi connectivity index (χ0) is 19.6. The molecular weight excluding hydrogens is 387 g/mol. The van der Waals surface area contributed by atoms with Crippen LogP contribution in [-0.2, 0) is 0 Å². The summed E-state index contributed by atoms with van der Waals surface area (Å²) < 4.78 is 27.7. The van der Waals surface area contributed by atoms with Gasteiger partial charge in [0, 0.05) is 6.20 Å². The molecule has 2 amide bonds. The van der Waals surface area contributed by atoms with Crippen molar-refractivity contribution in [2.75, 3.05) is 0 Å². The third kappa shape index (κ3) is 4.11. The molecule has 0 aliphatic carbocycles. The molecule has 0 spiro atoms. The minimum Gasteiger partial charge on any atom is -0.267 e. The van der Waals surface area contributed by atoms with Crippen LogP contribution in [0.4, 0.5) is 8.78 Å².